The van der Waals surface area contributed by atoms with Crippen LogP contribution in [-0.4, -0.2) is 65.6 Å². The molecule has 0 unspecified atom stereocenters. The Bertz CT molecular complexity index is 3800. The molecule has 12 nitrogen and oxygen atoms in total. The number of para-hydroxylation sites is 8. The Kier molecular flexibility index (Phi) is 30.0. The molecular weight excluding hydrogens is 1290 g/mol. The minimum atomic E-state index is 0. The van der Waals surface area contributed by atoms with Crippen LogP contribution in [0.1, 0.15) is 101 Å². The Balaban J connectivity index is 0.000000183. The van der Waals surface area contributed by atoms with Crippen LogP contribution >= 0.6 is 0 Å². The third kappa shape index (κ3) is 24.2. The van der Waals surface area contributed by atoms with Crippen molar-refractivity contribution in [2.45, 2.75) is 55.4 Å². The van der Waals surface area contributed by atoms with Crippen LogP contribution in [0.25, 0.3) is 0 Å². The van der Waals surface area contributed by atoms with E-state index in [9.17, 15) is 0 Å². The molecule has 12 rings (SSSR count). The average molecular weight is 1370 g/mol. The molecule has 0 aliphatic carbocycles. The van der Waals surface area contributed by atoms with Gasteiger partial charge in [-0.25, -0.2) is 19.9 Å². The van der Waals surface area contributed by atoms with Crippen LogP contribution in [-0.2, 0) is 34.1 Å². The van der Waals surface area contributed by atoms with Crippen molar-refractivity contribution in [1.82, 2.24) is 19.9 Å². The van der Waals surface area contributed by atoms with E-state index in [2.05, 4.69) is 39.9 Å². The van der Waals surface area contributed by atoms with Crippen molar-refractivity contribution in [3.63, 3.8) is 0 Å². The van der Waals surface area contributed by atoms with Crippen molar-refractivity contribution >= 4 is 91.2 Å². The quantitative estimate of drug-likeness (QED) is 0.0699. The molecule has 0 aliphatic heterocycles. The second kappa shape index (κ2) is 39.6. The number of nitrogens with zero attached hydrogens (tertiary/aromatic N) is 12. The first-order chi connectivity index (χ1) is 46.9. The standard InChI is InChI=1S/4C21H19N3.2Fe/c4*1-16(22-18-10-5-3-6-11-18)20-14-9-15-21(24-20)17(2)23-19-12-7-4-8-13-19;;/h4*3-15H,1-2H3;;. The summed E-state index contributed by atoms with van der Waals surface area (Å²) >= 11 is 0. The minimum absolute atomic E-state index is 0. The Morgan fingerprint density at radius 3 is 0.357 bits per heavy atom. The summed E-state index contributed by atoms with van der Waals surface area (Å²) in [6.45, 7) is 15.8. The van der Waals surface area contributed by atoms with Gasteiger partial charge in [-0.2, -0.15) is 0 Å². The molecule has 0 atom stereocenters. The molecule has 0 N–H and O–H groups in total. The Morgan fingerprint density at radius 1 is 0.153 bits per heavy atom. The first kappa shape index (κ1) is 74.2. The van der Waals surface area contributed by atoms with Gasteiger partial charge < -0.3 is 0 Å². The van der Waals surface area contributed by atoms with Crippen LogP contribution in [0.3, 0.4) is 0 Å². The molecule has 0 radical (unpaired) electrons. The predicted molar refractivity (Wildman–Crippen MR) is 403 cm³/mol. The summed E-state index contributed by atoms with van der Waals surface area (Å²) in [5.41, 5.74) is 21.4. The summed E-state index contributed by atoms with van der Waals surface area (Å²) in [6, 6.07) is 103. The molecule has 0 aliphatic rings. The maximum absolute atomic E-state index is 4.70. The average Bonchev–Trinajstić information content (AvgIpc) is 0.917. The van der Waals surface area contributed by atoms with E-state index < -0.39 is 0 Å². The Hall–Kier alpha value is -11.2. The fraction of sp³-hybridized carbons (Fsp3) is 0.0952. The van der Waals surface area contributed by atoms with E-state index in [1.54, 1.807) is 0 Å². The van der Waals surface area contributed by atoms with Crippen molar-refractivity contribution in [3.05, 3.63) is 361 Å². The van der Waals surface area contributed by atoms with Crippen LogP contribution in [0.5, 0.6) is 0 Å². The van der Waals surface area contributed by atoms with E-state index in [1.165, 1.54) is 0 Å². The van der Waals surface area contributed by atoms with Gasteiger partial charge in [0.25, 0.3) is 0 Å². The third-order valence-corrected chi connectivity index (χ3v) is 14.4. The second-order valence-electron chi connectivity index (χ2n) is 21.9. The van der Waals surface area contributed by atoms with Crippen LogP contribution in [0.4, 0.5) is 45.5 Å². The molecule has 0 saturated heterocycles. The van der Waals surface area contributed by atoms with Crippen molar-refractivity contribution in [3.8, 4) is 0 Å². The zero-order valence-corrected chi connectivity index (χ0v) is 58.3. The van der Waals surface area contributed by atoms with Gasteiger partial charge in [-0.15, -0.1) is 0 Å². The molecule has 0 bridgehead atoms. The summed E-state index contributed by atoms with van der Waals surface area (Å²) in [7, 11) is 0. The predicted octanol–water partition coefficient (Wildman–Crippen LogP) is 21.4. The summed E-state index contributed by atoms with van der Waals surface area (Å²) in [6.07, 6.45) is 0. The Labute approximate surface area is 597 Å². The van der Waals surface area contributed by atoms with Gasteiger partial charge in [0.2, 0.25) is 0 Å². The molecule has 98 heavy (non-hydrogen) atoms. The monoisotopic (exact) mass is 1360 g/mol. The van der Waals surface area contributed by atoms with Crippen molar-refractivity contribution in [2.24, 2.45) is 39.9 Å². The molecule has 4 heterocycles. The van der Waals surface area contributed by atoms with E-state index in [0.717, 1.165) is 137 Å². The van der Waals surface area contributed by atoms with Gasteiger partial charge in [0, 0.05) is 34.1 Å². The van der Waals surface area contributed by atoms with Gasteiger partial charge in [0.1, 0.15) is 0 Å². The van der Waals surface area contributed by atoms with Gasteiger partial charge in [0.15, 0.2) is 0 Å². The number of benzene rings is 8. The maximum atomic E-state index is 4.70. The van der Waals surface area contributed by atoms with E-state index in [0.29, 0.717) is 0 Å². The van der Waals surface area contributed by atoms with Gasteiger partial charge in [0.05, 0.1) is 137 Å². The number of hydrogen-bond donors (Lipinski definition) is 0. The van der Waals surface area contributed by atoms with Crippen molar-refractivity contribution < 1.29 is 34.1 Å². The van der Waals surface area contributed by atoms with Crippen LogP contribution < -0.4 is 0 Å². The maximum Gasteiger partial charge on any atom is 0.0849 e. The molecule has 0 spiro atoms. The number of aliphatic imine (C=N–C) groups is 8. The van der Waals surface area contributed by atoms with E-state index in [1.807, 2.05) is 371 Å². The van der Waals surface area contributed by atoms with E-state index in [4.69, 9.17) is 19.9 Å². The van der Waals surface area contributed by atoms with Crippen LogP contribution in [0, 0.1) is 0 Å². The first-order valence-corrected chi connectivity index (χ1v) is 31.6. The summed E-state index contributed by atoms with van der Waals surface area (Å²) in [5, 5.41) is 0. The first-order valence-electron chi connectivity index (χ1n) is 31.6. The molecule has 14 heteroatoms. The normalized spacial score (nSPS) is 12.0. The number of hydrogen-bond acceptors (Lipinski definition) is 12. The number of pyridine rings is 4. The summed E-state index contributed by atoms with van der Waals surface area (Å²) < 4.78 is 0. The summed E-state index contributed by atoms with van der Waals surface area (Å²) in [5.74, 6) is 0. The molecule has 8 aromatic carbocycles. The molecule has 12 aromatic rings. The largest absolute Gasteiger partial charge is 0.252 e. The Morgan fingerprint density at radius 2 is 0.255 bits per heavy atom. The fourth-order valence-corrected chi connectivity index (χ4v) is 9.38. The van der Waals surface area contributed by atoms with E-state index >= 15 is 0 Å². The number of rotatable bonds is 16. The molecule has 0 amide bonds. The molecule has 488 valence electrons. The zero-order valence-electron chi connectivity index (χ0n) is 56.1. The van der Waals surface area contributed by atoms with Gasteiger partial charge >= 0.3 is 0 Å². The summed E-state index contributed by atoms with van der Waals surface area (Å²) in [4.78, 5) is 55.8. The topological polar surface area (TPSA) is 150 Å². The van der Waals surface area contributed by atoms with Crippen LogP contribution in [0.2, 0.25) is 0 Å². The fourth-order valence-electron chi connectivity index (χ4n) is 9.38. The third-order valence-electron chi connectivity index (χ3n) is 14.4. The van der Waals surface area contributed by atoms with Gasteiger partial charge in [-0.3, -0.25) is 39.9 Å². The molecule has 0 fully saturated rings. The molecule has 4 aromatic heterocycles. The van der Waals surface area contributed by atoms with E-state index in [-0.39, 0.29) is 34.1 Å². The second-order valence-corrected chi connectivity index (χ2v) is 21.9. The minimum Gasteiger partial charge on any atom is -0.252 e. The number of aromatic nitrogens is 4. The van der Waals surface area contributed by atoms with Gasteiger partial charge in [-0.1, -0.05) is 170 Å². The molecular formula is C84H76Fe2N12. The van der Waals surface area contributed by atoms with Crippen LogP contribution in [0.15, 0.2) is 355 Å². The SMILES string of the molecule is CC(=Nc1ccccc1)c1cccc(C(C)=Nc2ccccc2)n1.CC(=Nc1ccccc1)c1cccc(C(C)=Nc2ccccc2)n1.CC(=Nc1ccccc1)c1cccc(C(C)=Nc2ccccc2)n1.CC(=Nc1ccccc1)c1cccc(C(C)=Nc2ccccc2)n1.[Fe].[Fe]. The van der Waals surface area contributed by atoms with Crippen molar-refractivity contribution in [2.75, 3.05) is 0 Å². The zero-order chi connectivity index (χ0) is 67.1. The van der Waals surface area contributed by atoms with Gasteiger partial charge in [-0.05, 0) is 201 Å². The van der Waals surface area contributed by atoms with Crippen molar-refractivity contribution in [1.29, 1.82) is 0 Å². The molecule has 0 saturated carbocycles. The smallest absolute Gasteiger partial charge is 0.0849 e.